The molecule has 0 fully saturated rings. The van der Waals surface area contributed by atoms with E-state index in [2.05, 4.69) is 16.9 Å². The van der Waals surface area contributed by atoms with Crippen LogP contribution in [-0.2, 0) is 25.9 Å². The van der Waals surface area contributed by atoms with Gasteiger partial charge in [0.2, 0.25) is 0 Å². The number of hydrogen-bond donors (Lipinski definition) is 2. The van der Waals surface area contributed by atoms with Crippen LogP contribution in [0.15, 0.2) is 26.1 Å². The summed E-state index contributed by atoms with van der Waals surface area (Å²) >= 11 is 0. The van der Waals surface area contributed by atoms with Crippen molar-refractivity contribution >= 4 is 16.9 Å². The molecule has 0 amide bonds. The standard InChI is InChI=1S/C22H26N4O3/c1-4-5-19-24-17-6-7-26(10-15(17)22(28)25-19)11-16-20(27)14-8-12(2)13(3)9-18(14)29-21(16)23/h8-9H,4-7,10-11,23H2,1-3H3,(H,24,25,28). The van der Waals surface area contributed by atoms with Crippen LogP contribution in [0.25, 0.3) is 11.0 Å². The van der Waals surface area contributed by atoms with E-state index in [-0.39, 0.29) is 16.9 Å². The first kappa shape index (κ1) is 19.4. The molecule has 4 rings (SSSR count). The van der Waals surface area contributed by atoms with Crippen molar-refractivity contribution in [2.45, 2.75) is 53.1 Å². The van der Waals surface area contributed by atoms with Gasteiger partial charge in [-0.1, -0.05) is 6.92 Å². The quantitative estimate of drug-likeness (QED) is 0.705. The number of nitrogens with zero attached hydrogens (tertiary/aromatic N) is 2. The molecule has 29 heavy (non-hydrogen) atoms. The van der Waals surface area contributed by atoms with E-state index in [1.807, 2.05) is 30.9 Å². The molecular formula is C22H26N4O3. The van der Waals surface area contributed by atoms with E-state index in [4.69, 9.17) is 10.2 Å². The molecule has 0 radical (unpaired) electrons. The molecule has 0 atom stereocenters. The van der Waals surface area contributed by atoms with Gasteiger partial charge in [0.25, 0.3) is 5.56 Å². The summed E-state index contributed by atoms with van der Waals surface area (Å²) in [5.41, 5.74) is 10.5. The molecule has 0 unspecified atom stereocenters. The van der Waals surface area contributed by atoms with E-state index in [0.717, 1.165) is 35.5 Å². The van der Waals surface area contributed by atoms with Gasteiger partial charge in [-0.3, -0.25) is 14.5 Å². The third kappa shape index (κ3) is 3.58. The minimum absolute atomic E-state index is 0.0900. The highest BCUT2D eigenvalue weighted by Gasteiger charge is 2.23. The lowest BCUT2D eigenvalue weighted by molar-refractivity contribution is 0.240. The highest BCUT2D eigenvalue weighted by Crippen LogP contribution is 2.23. The number of rotatable bonds is 4. The SMILES string of the molecule is CCCc1nc2c(c(=O)[nH]1)CN(Cc1c(N)oc3cc(C)c(C)cc3c1=O)CC2. The fourth-order valence-corrected chi connectivity index (χ4v) is 3.90. The van der Waals surface area contributed by atoms with Crippen LogP contribution >= 0.6 is 0 Å². The molecule has 0 aliphatic carbocycles. The first-order valence-electron chi connectivity index (χ1n) is 10.0. The average Bonchev–Trinajstić information content (AvgIpc) is 2.68. The van der Waals surface area contributed by atoms with Gasteiger partial charge in [0.1, 0.15) is 11.4 Å². The summed E-state index contributed by atoms with van der Waals surface area (Å²) in [6.45, 7) is 7.49. The Kier molecular flexibility index (Phi) is 5.00. The molecule has 1 aliphatic rings. The van der Waals surface area contributed by atoms with Gasteiger partial charge in [-0.05, 0) is 43.5 Å². The van der Waals surface area contributed by atoms with Crippen LogP contribution in [0, 0.1) is 13.8 Å². The van der Waals surface area contributed by atoms with Crippen molar-refractivity contribution in [2.75, 3.05) is 12.3 Å². The molecule has 0 saturated heterocycles. The second kappa shape index (κ2) is 7.48. The first-order chi connectivity index (χ1) is 13.9. The second-order valence-corrected chi connectivity index (χ2v) is 7.86. The lowest BCUT2D eigenvalue weighted by Gasteiger charge is -2.27. The summed E-state index contributed by atoms with van der Waals surface area (Å²) in [6, 6.07) is 3.71. The number of aromatic amines is 1. The summed E-state index contributed by atoms with van der Waals surface area (Å²) in [5, 5.41) is 0.540. The molecule has 7 nitrogen and oxygen atoms in total. The zero-order valence-corrected chi connectivity index (χ0v) is 17.1. The van der Waals surface area contributed by atoms with E-state index < -0.39 is 0 Å². The minimum atomic E-state index is -0.108. The Bertz CT molecular complexity index is 1210. The van der Waals surface area contributed by atoms with Gasteiger partial charge in [0, 0.05) is 32.5 Å². The Labute approximate surface area is 168 Å². The number of benzene rings is 1. The third-order valence-electron chi connectivity index (χ3n) is 5.70. The lowest BCUT2D eigenvalue weighted by atomic mass is 10.0. The van der Waals surface area contributed by atoms with E-state index >= 15 is 0 Å². The number of hydrogen-bond acceptors (Lipinski definition) is 6. The van der Waals surface area contributed by atoms with Gasteiger partial charge in [-0.25, -0.2) is 4.98 Å². The van der Waals surface area contributed by atoms with E-state index in [9.17, 15) is 9.59 Å². The van der Waals surface area contributed by atoms with Crippen LogP contribution in [0.3, 0.4) is 0 Å². The molecule has 2 aromatic heterocycles. The number of nitrogens with two attached hydrogens (primary N) is 1. The number of fused-ring (bicyclic) bond motifs is 2. The summed E-state index contributed by atoms with van der Waals surface area (Å²) in [7, 11) is 0. The van der Waals surface area contributed by atoms with E-state index in [1.165, 1.54) is 0 Å². The van der Waals surface area contributed by atoms with Gasteiger partial charge < -0.3 is 15.1 Å². The van der Waals surface area contributed by atoms with Crippen molar-refractivity contribution in [3.63, 3.8) is 0 Å². The maximum absolute atomic E-state index is 13.1. The Morgan fingerprint density at radius 1 is 1.24 bits per heavy atom. The normalized spacial score (nSPS) is 14.3. The minimum Gasteiger partial charge on any atom is -0.440 e. The molecule has 3 heterocycles. The zero-order valence-electron chi connectivity index (χ0n) is 17.1. The first-order valence-corrected chi connectivity index (χ1v) is 10.0. The highest BCUT2D eigenvalue weighted by molar-refractivity contribution is 5.80. The number of anilines is 1. The Morgan fingerprint density at radius 2 is 2.00 bits per heavy atom. The summed E-state index contributed by atoms with van der Waals surface area (Å²) in [6.07, 6.45) is 2.37. The van der Waals surface area contributed by atoms with Crippen molar-refractivity contribution in [1.29, 1.82) is 0 Å². The lowest BCUT2D eigenvalue weighted by Crippen LogP contribution is -2.37. The molecule has 1 aliphatic heterocycles. The van der Waals surface area contributed by atoms with E-state index in [1.54, 1.807) is 0 Å². The number of H-pyrrole nitrogens is 1. The van der Waals surface area contributed by atoms with Crippen LogP contribution in [-0.4, -0.2) is 21.4 Å². The van der Waals surface area contributed by atoms with Crippen molar-refractivity contribution in [1.82, 2.24) is 14.9 Å². The van der Waals surface area contributed by atoms with Crippen LogP contribution in [0.1, 0.15) is 47.1 Å². The smallest absolute Gasteiger partial charge is 0.255 e. The molecule has 1 aromatic carbocycles. The number of aryl methyl sites for hydroxylation is 3. The van der Waals surface area contributed by atoms with E-state index in [0.29, 0.717) is 48.2 Å². The van der Waals surface area contributed by atoms with Crippen molar-refractivity contribution < 1.29 is 4.42 Å². The van der Waals surface area contributed by atoms with Crippen molar-refractivity contribution in [3.8, 4) is 0 Å². The largest absolute Gasteiger partial charge is 0.440 e. The molecule has 0 spiro atoms. The highest BCUT2D eigenvalue weighted by atomic mass is 16.3. The van der Waals surface area contributed by atoms with Gasteiger partial charge in [0.15, 0.2) is 11.3 Å². The summed E-state index contributed by atoms with van der Waals surface area (Å²) in [5.74, 6) is 0.886. The van der Waals surface area contributed by atoms with Gasteiger partial charge in [-0.2, -0.15) is 0 Å². The molecule has 3 N–H and O–H groups in total. The second-order valence-electron chi connectivity index (χ2n) is 7.86. The fourth-order valence-electron chi connectivity index (χ4n) is 3.90. The monoisotopic (exact) mass is 394 g/mol. The maximum Gasteiger partial charge on any atom is 0.255 e. The number of nitrogens with one attached hydrogen (secondary N) is 1. The van der Waals surface area contributed by atoms with Gasteiger partial charge in [0.05, 0.1) is 22.2 Å². The zero-order chi connectivity index (χ0) is 20.7. The van der Waals surface area contributed by atoms with Gasteiger partial charge in [-0.15, -0.1) is 0 Å². The third-order valence-corrected chi connectivity index (χ3v) is 5.70. The Morgan fingerprint density at radius 3 is 2.76 bits per heavy atom. The van der Waals surface area contributed by atoms with Crippen LogP contribution in [0.5, 0.6) is 0 Å². The number of nitrogen functional groups attached to an aromatic ring is 1. The predicted molar refractivity (Wildman–Crippen MR) is 113 cm³/mol. The maximum atomic E-state index is 13.1. The topological polar surface area (TPSA) is 105 Å². The molecule has 0 saturated carbocycles. The van der Waals surface area contributed by atoms with Crippen LogP contribution in [0.2, 0.25) is 0 Å². The van der Waals surface area contributed by atoms with Gasteiger partial charge >= 0.3 is 0 Å². The van der Waals surface area contributed by atoms with Crippen molar-refractivity contribution in [3.05, 3.63) is 66.5 Å². The average molecular weight is 394 g/mol. The molecule has 3 aromatic rings. The summed E-state index contributed by atoms with van der Waals surface area (Å²) < 4.78 is 5.76. The fraction of sp³-hybridized carbons (Fsp3) is 0.409. The molecule has 152 valence electrons. The Balaban J connectivity index is 1.66. The molecule has 7 heteroatoms. The van der Waals surface area contributed by atoms with Crippen LogP contribution < -0.4 is 16.7 Å². The van der Waals surface area contributed by atoms with Crippen LogP contribution in [0.4, 0.5) is 5.88 Å². The Hall–Kier alpha value is -2.93. The summed E-state index contributed by atoms with van der Waals surface area (Å²) in [4.78, 5) is 35.1. The van der Waals surface area contributed by atoms with Crippen molar-refractivity contribution in [2.24, 2.45) is 0 Å². The molecular weight excluding hydrogens is 368 g/mol. The predicted octanol–water partition coefficient (Wildman–Crippen LogP) is 2.59. The number of aromatic nitrogens is 2. The molecule has 0 bridgehead atoms.